The molecule has 2 atom stereocenters. The van der Waals surface area contributed by atoms with Gasteiger partial charge in [0.25, 0.3) is 0 Å². The van der Waals surface area contributed by atoms with Crippen LogP contribution in [-0.4, -0.2) is 23.8 Å². The van der Waals surface area contributed by atoms with Crippen LogP contribution in [-0.2, 0) is 0 Å². The van der Waals surface area contributed by atoms with E-state index in [2.05, 4.69) is 19.2 Å². The van der Waals surface area contributed by atoms with Crippen molar-refractivity contribution in [3.8, 4) is 0 Å². The van der Waals surface area contributed by atoms with Gasteiger partial charge in [0.1, 0.15) is 0 Å². The van der Waals surface area contributed by atoms with Crippen LogP contribution in [0.15, 0.2) is 0 Å². The molecule has 1 fully saturated rings. The molecule has 84 valence electrons. The number of hydrogen-bond acceptors (Lipinski definition) is 2. The maximum atomic E-state index is 9.57. The van der Waals surface area contributed by atoms with Crippen molar-refractivity contribution in [1.82, 2.24) is 5.32 Å². The van der Waals surface area contributed by atoms with Crippen LogP contribution in [0.4, 0.5) is 0 Å². The van der Waals surface area contributed by atoms with Crippen LogP contribution >= 0.6 is 0 Å². The van der Waals surface area contributed by atoms with E-state index in [1.54, 1.807) is 0 Å². The topological polar surface area (TPSA) is 32.3 Å². The van der Waals surface area contributed by atoms with Crippen molar-refractivity contribution in [1.29, 1.82) is 0 Å². The van der Waals surface area contributed by atoms with Crippen LogP contribution in [0.3, 0.4) is 0 Å². The number of aliphatic hydroxyl groups excluding tert-OH is 1. The van der Waals surface area contributed by atoms with Gasteiger partial charge in [0, 0.05) is 6.04 Å². The lowest BCUT2D eigenvalue weighted by molar-refractivity contribution is 0.149. The van der Waals surface area contributed by atoms with Crippen LogP contribution in [0.5, 0.6) is 0 Å². The third-order valence-corrected chi connectivity index (χ3v) is 3.09. The van der Waals surface area contributed by atoms with Crippen molar-refractivity contribution in [3.63, 3.8) is 0 Å². The molecular formula is C12H25NO. The summed E-state index contributed by atoms with van der Waals surface area (Å²) in [5, 5.41) is 13.0. The average Bonchev–Trinajstić information content (AvgIpc) is 2.51. The Morgan fingerprint density at radius 1 is 1.29 bits per heavy atom. The molecule has 1 saturated carbocycles. The molecule has 2 heteroatoms. The Hall–Kier alpha value is -0.0800. The molecule has 1 aliphatic rings. The van der Waals surface area contributed by atoms with Gasteiger partial charge in [-0.2, -0.15) is 0 Å². The number of unbranched alkanes of at least 4 members (excludes halogenated alkanes) is 1. The zero-order chi connectivity index (χ0) is 10.4. The van der Waals surface area contributed by atoms with Crippen molar-refractivity contribution in [2.75, 3.05) is 6.54 Å². The standard InChI is InChI=1S/C12H25NO/c1-10(2)6-3-4-9-13-11-7-5-8-12(11)14/h10-14H,3-9H2,1-2H3. The number of hydrogen-bond donors (Lipinski definition) is 2. The molecule has 0 aromatic carbocycles. The van der Waals surface area contributed by atoms with Crippen molar-refractivity contribution < 1.29 is 5.11 Å². The van der Waals surface area contributed by atoms with Crippen LogP contribution < -0.4 is 5.32 Å². The lowest BCUT2D eigenvalue weighted by atomic mass is 10.1. The zero-order valence-electron chi connectivity index (χ0n) is 9.63. The lowest BCUT2D eigenvalue weighted by Crippen LogP contribution is -2.36. The summed E-state index contributed by atoms with van der Waals surface area (Å²) in [6.07, 6.45) is 7.14. The van der Waals surface area contributed by atoms with Gasteiger partial charge in [0.2, 0.25) is 0 Å². The van der Waals surface area contributed by atoms with Crippen molar-refractivity contribution in [2.45, 2.75) is 64.5 Å². The van der Waals surface area contributed by atoms with Crippen molar-refractivity contribution >= 4 is 0 Å². The second-order valence-corrected chi connectivity index (χ2v) is 4.95. The maximum Gasteiger partial charge on any atom is 0.0693 e. The molecule has 0 amide bonds. The summed E-state index contributed by atoms with van der Waals surface area (Å²) in [6.45, 7) is 5.62. The third-order valence-electron chi connectivity index (χ3n) is 3.09. The molecule has 1 rings (SSSR count). The first-order chi connectivity index (χ1) is 6.70. The largest absolute Gasteiger partial charge is 0.392 e. The van der Waals surface area contributed by atoms with Gasteiger partial charge in [-0.05, 0) is 38.1 Å². The smallest absolute Gasteiger partial charge is 0.0693 e. The molecule has 2 unspecified atom stereocenters. The number of rotatable bonds is 6. The van der Waals surface area contributed by atoms with Gasteiger partial charge < -0.3 is 10.4 Å². The molecule has 0 aliphatic heterocycles. The van der Waals surface area contributed by atoms with Crippen LogP contribution in [0, 0.1) is 5.92 Å². The van der Waals surface area contributed by atoms with E-state index >= 15 is 0 Å². The second-order valence-electron chi connectivity index (χ2n) is 4.95. The Morgan fingerprint density at radius 3 is 2.64 bits per heavy atom. The fraction of sp³-hybridized carbons (Fsp3) is 1.00. The molecule has 14 heavy (non-hydrogen) atoms. The van der Waals surface area contributed by atoms with Crippen molar-refractivity contribution in [2.24, 2.45) is 5.92 Å². The molecule has 0 saturated heterocycles. The monoisotopic (exact) mass is 199 g/mol. The molecule has 2 N–H and O–H groups in total. The Kier molecular flexibility index (Phi) is 5.49. The van der Waals surface area contributed by atoms with E-state index in [1.807, 2.05) is 0 Å². The van der Waals surface area contributed by atoms with Gasteiger partial charge in [0.15, 0.2) is 0 Å². The SMILES string of the molecule is CC(C)CCCCNC1CCCC1O. The summed E-state index contributed by atoms with van der Waals surface area (Å²) in [4.78, 5) is 0. The van der Waals surface area contributed by atoms with E-state index in [4.69, 9.17) is 0 Å². The van der Waals surface area contributed by atoms with Crippen LogP contribution in [0.25, 0.3) is 0 Å². The highest BCUT2D eigenvalue weighted by atomic mass is 16.3. The van der Waals surface area contributed by atoms with Crippen LogP contribution in [0.1, 0.15) is 52.4 Å². The zero-order valence-corrected chi connectivity index (χ0v) is 9.63. The predicted octanol–water partition coefficient (Wildman–Crippen LogP) is 2.32. The van der Waals surface area contributed by atoms with Gasteiger partial charge in [-0.25, -0.2) is 0 Å². The fourth-order valence-corrected chi connectivity index (χ4v) is 2.14. The van der Waals surface area contributed by atoms with Gasteiger partial charge in [0.05, 0.1) is 6.10 Å². The summed E-state index contributed by atoms with van der Waals surface area (Å²) in [5.41, 5.74) is 0. The summed E-state index contributed by atoms with van der Waals surface area (Å²) in [7, 11) is 0. The molecule has 2 nitrogen and oxygen atoms in total. The summed E-state index contributed by atoms with van der Waals surface area (Å²) in [5.74, 6) is 0.826. The minimum absolute atomic E-state index is 0.0832. The second kappa shape index (κ2) is 6.41. The number of nitrogens with one attached hydrogen (secondary N) is 1. The Morgan fingerprint density at radius 2 is 2.07 bits per heavy atom. The minimum atomic E-state index is -0.0832. The normalized spacial score (nSPS) is 27.4. The first kappa shape index (κ1) is 12.0. The van der Waals surface area contributed by atoms with E-state index in [0.29, 0.717) is 6.04 Å². The van der Waals surface area contributed by atoms with E-state index in [1.165, 1.54) is 25.7 Å². The fourth-order valence-electron chi connectivity index (χ4n) is 2.14. The highest BCUT2D eigenvalue weighted by molar-refractivity contribution is 4.82. The molecule has 0 bridgehead atoms. The summed E-state index contributed by atoms with van der Waals surface area (Å²) >= 11 is 0. The van der Waals surface area contributed by atoms with Crippen molar-refractivity contribution in [3.05, 3.63) is 0 Å². The summed E-state index contributed by atoms with van der Waals surface area (Å²) < 4.78 is 0. The van der Waals surface area contributed by atoms with Gasteiger partial charge in [-0.1, -0.05) is 26.7 Å². The summed E-state index contributed by atoms with van der Waals surface area (Å²) in [6, 6.07) is 0.383. The molecule has 0 aromatic heterocycles. The first-order valence-corrected chi connectivity index (χ1v) is 6.11. The highest BCUT2D eigenvalue weighted by Crippen LogP contribution is 2.18. The molecule has 1 aliphatic carbocycles. The molecular weight excluding hydrogens is 174 g/mol. The average molecular weight is 199 g/mol. The maximum absolute atomic E-state index is 9.57. The first-order valence-electron chi connectivity index (χ1n) is 6.11. The molecule has 0 aromatic rings. The Balaban J connectivity index is 1.93. The van der Waals surface area contributed by atoms with Crippen LogP contribution in [0.2, 0.25) is 0 Å². The molecule has 0 spiro atoms. The Bertz CT molecular complexity index is 147. The van der Waals surface area contributed by atoms with E-state index in [0.717, 1.165) is 25.3 Å². The van der Waals surface area contributed by atoms with Gasteiger partial charge in [-0.15, -0.1) is 0 Å². The Labute approximate surface area is 88.1 Å². The third kappa shape index (κ3) is 4.43. The number of aliphatic hydroxyl groups is 1. The minimum Gasteiger partial charge on any atom is -0.392 e. The van der Waals surface area contributed by atoms with E-state index in [9.17, 15) is 5.11 Å². The quantitative estimate of drug-likeness (QED) is 0.643. The molecule has 0 heterocycles. The lowest BCUT2D eigenvalue weighted by Gasteiger charge is -2.16. The van der Waals surface area contributed by atoms with Gasteiger partial charge >= 0.3 is 0 Å². The van der Waals surface area contributed by atoms with E-state index in [-0.39, 0.29) is 6.10 Å². The highest BCUT2D eigenvalue weighted by Gasteiger charge is 2.23. The molecule has 0 radical (unpaired) electrons. The van der Waals surface area contributed by atoms with Gasteiger partial charge in [-0.3, -0.25) is 0 Å². The predicted molar refractivity (Wildman–Crippen MR) is 60.3 cm³/mol. The van der Waals surface area contributed by atoms with E-state index < -0.39 is 0 Å².